The van der Waals surface area contributed by atoms with Crippen molar-refractivity contribution in [3.8, 4) is 0 Å². The number of guanidine groups is 1. The summed E-state index contributed by atoms with van der Waals surface area (Å²) in [4.78, 5) is 4.50. The Hall–Kier alpha value is -0.510. The number of hydrogen-bond acceptors (Lipinski definition) is 4. The number of hydrogen-bond donors (Lipinski definition) is 2. The molecule has 0 bridgehead atoms. The lowest BCUT2D eigenvalue weighted by molar-refractivity contribution is 0.633. The van der Waals surface area contributed by atoms with Gasteiger partial charge in [-0.1, -0.05) is 6.92 Å². The average molecular weight is 412 g/mol. The molecular weight excluding hydrogens is 387 g/mol. The van der Waals surface area contributed by atoms with Gasteiger partial charge in [-0.3, -0.25) is 4.99 Å². The molecule has 1 rings (SSSR count). The third kappa shape index (κ3) is 7.32. The fraction of sp³-hybridized carbons (Fsp3) is 0.750. The molecule has 1 heterocycles. The monoisotopic (exact) mass is 412 g/mol. The summed E-state index contributed by atoms with van der Waals surface area (Å²) >= 11 is 1.81. The predicted octanol–water partition coefficient (Wildman–Crippen LogP) is 1.38. The van der Waals surface area contributed by atoms with Crippen molar-refractivity contribution in [3.63, 3.8) is 0 Å². The molecule has 0 atom stereocenters. The fourth-order valence-electron chi connectivity index (χ4n) is 1.62. The van der Waals surface area contributed by atoms with Crippen molar-refractivity contribution in [2.45, 2.75) is 26.8 Å². The van der Waals surface area contributed by atoms with E-state index in [1.807, 2.05) is 0 Å². The van der Waals surface area contributed by atoms with E-state index < -0.39 is 0 Å². The highest BCUT2D eigenvalue weighted by atomic mass is 127. The van der Waals surface area contributed by atoms with Gasteiger partial charge in [-0.05, 0) is 13.2 Å². The lowest BCUT2D eigenvalue weighted by Crippen LogP contribution is -2.39. The van der Waals surface area contributed by atoms with Crippen LogP contribution in [0.1, 0.15) is 19.7 Å². The minimum Gasteiger partial charge on any atom is -0.357 e. The minimum absolute atomic E-state index is 0. The zero-order valence-corrected chi connectivity index (χ0v) is 15.6. The maximum Gasteiger partial charge on any atom is 0.191 e. The van der Waals surface area contributed by atoms with Gasteiger partial charge < -0.3 is 15.2 Å². The molecule has 116 valence electrons. The summed E-state index contributed by atoms with van der Waals surface area (Å²) in [6.45, 7) is 7.53. The summed E-state index contributed by atoms with van der Waals surface area (Å²) < 4.78 is 2.07. The first-order valence-corrected chi connectivity index (χ1v) is 8.09. The van der Waals surface area contributed by atoms with Crippen LogP contribution >= 0.6 is 35.7 Å². The number of aromatic nitrogens is 3. The molecule has 0 radical (unpaired) electrons. The molecule has 0 unspecified atom stereocenters. The molecule has 20 heavy (non-hydrogen) atoms. The van der Waals surface area contributed by atoms with E-state index in [4.69, 9.17) is 0 Å². The highest BCUT2D eigenvalue weighted by molar-refractivity contribution is 14.0. The molecule has 0 aliphatic carbocycles. The second kappa shape index (κ2) is 12.2. The van der Waals surface area contributed by atoms with E-state index >= 15 is 0 Å². The summed E-state index contributed by atoms with van der Waals surface area (Å²) in [7, 11) is 0. The van der Waals surface area contributed by atoms with Crippen molar-refractivity contribution in [2.75, 3.05) is 31.6 Å². The fourth-order valence-corrected chi connectivity index (χ4v) is 1.90. The van der Waals surface area contributed by atoms with Crippen LogP contribution in [0.3, 0.4) is 0 Å². The van der Waals surface area contributed by atoms with Gasteiger partial charge in [0.05, 0.1) is 6.54 Å². The van der Waals surface area contributed by atoms with Crippen LogP contribution in [0.4, 0.5) is 0 Å². The lowest BCUT2D eigenvalue weighted by Gasteiger charge is -2.12. The van der Waals surface area contributed by atoms with Crippen LogP contribution in [-0.4, -0.2) is 52.4 Å². The Labute approximate surface area is 142 Å². The third-order valence-corrected chi connectivity index (χ3v) is 3.16. The second-order valence-electron chi connectivity index (χ2n) is 3.97. The predicted molar refractivity (Wildman–Crippen MR) is 97.2 cm³/mol. The number of nitrogens with one attached hydrogen (secondary N) is 2. The molecule has 0 aliphatic heterocycles. The SMILES string of the molecule is CCNC(=NCCSC)NCCn1cnnc1CC.I. The third-order valence-electron chi connectivity index (χ3n) is 2.57. The number of rotatable bonds is 8. The van der Waals surface area contributed by atoms with Gasteiger partial charge in [-0.25, -0.2) is 0 Å². The van der Waals surface area contributed by atoms with Gasteiger partial charge in [0.25, 0.3) is 0 Å². The first-order chi connectivity index (χ1) is 9.31. The summed E-state index contributed by atoms with van der Waals surface area (Å²) in [5.74, 6) is 2.94. The Balaban J connectivity index is 0.00000361. The van der Waals surface area contributed by atoms with E-state index in [0.29, 0.717) is 0 Å². The van der Waals surface area contributed by atoms with Gasteiger partial charge in [0, 0.05) is 31.8 Å². The van der Waals surface area contributed by atoms with E-state index in [9.17, 15) is 0 Å². The molecule has 0 fully saturated rings. The topological polar surface area (TPSA) is 67.1 Å². The molecular formula is C12H25IN6S. The molecule has 0 amide bonds. The first kappa shape index (κ1) is 19.5. The quantitative estimate of drug-likeness (QED) is 0.292. The smallest absolute Gasteiger partial charge is 0.191 e. The van der Waals surface area contributed by atoms with Crippen LogP contribution < -0.4 is 10.6 Å². The van der Waals surface area contributed by atoms with Crippen LogP contribution in [0.5, 0.6) is 0 Å². The minimum atomic E-state index is 0. The average Bonchev–Trinajstić information content (AvgIpc) is 2.86. The van der Waals surface area contributed by atoms with E-state index in [1.54, 1.807) is 18.1 Å². The van der Waals surface area contributed by atoms with Crippen molar-refractivity contribution >= 4 is 41.7 Å². The Morgan fingerprint density at radius 1 is 1.40 bits per heavy atom. The van der Waals surface area contributed by atoms with Crippen LogP contribution in [-0.2, 0) is 13.0 Å². The number of aryl methyl sites for hydroxylation is 1. The molecule has 0 aromatic carbocycles. The molecule has 1 aromatic heterocycles. The molecule has 0 saturated heterocycles. The Bertz CT molecular complexity index is 382. The van der Waals surface area contributed by atoms with Crippen LogP contribution in [0.25, 0.3) is 0 Å². The van der Waals surface area contributed by atoms with E-state index in [1.165, 1.54) is 0 Å². The Morgan fingerprint density at radius 2 is 2.20 bits per heavy atom. The van der Waals surface area contributed by atoms with Crippen molar-refractivity contribution < 1.29 is 0 Å². The Morgan fingerprint density at radius 3 is 2.85 bits per heavy atom. The number of thioether (sulfide) groups is 1. The molecule has 0 spiro atoms. The standard InChI is InChI=1S/C12H24N6S.HI/c1-4-11-17-16-10-18(11)8-6-14-12(13-5-2)15-7-9-19-3;/h10H,4-9H2,1-3H3,(H2,13,14,15);1H. The highest BCUT2D eigenvalue weighted by Crippen LogP contribution is 1.94. The van der Waals surface area contributed by atoms with Gasteiger partial charge in [0.2, 0.25) is 0 Å². The largest absolute Gasteiger partial charge is 0.357 e. The summed E-state index contributed by atoms with van der Waals surface area (Å²) in [5, 5.41) is 14.6. The molecule has 6 nitrogen and oxygen atoms in total. The summed E-state index contributed by atoms with van der Waals surface area (Å²) in [6.07, 6.45) is 4.77. The molecule has 0 aliphatic rings. The molecule has 0 saturated carbocycles. The molecule has 1 aromatic rings. The van der Waals surface area contributed by atoms with E-state index in [2.05, 4.69) is 50.5 Å². The Kier molecular flexibility index (Phi) is 11.9. The van der Waals surface area contributed by atoms with Crippen LogP contribution in [0, 0.1) is 0 Å². The van der Waals surface area contributed by atoms with Gasteiger partial charge in [0.1, 0.15) is 12.2 Å². The van der Waals surface area contributed by atoms with E-state index in [0.717, 1.165) is 50.1 Å². The van der Waals surface area contributed by atoms with Crippen molar-refractivity contribution in [2.24, 2.45) is 4.99 Å². The highest BCUT2D eigenvalue weighted by Gasteiger charge is 2.01. The summed E-state index contributed by atoms with van der Waals surface area (Å²) in [6, 6.07) is 0. The van der Waals surface area contributed by atoms with Gasteiger partial charge >= 0.3 is 0 Å². The van der Waals surface area contributed by atoms with Gasteiger partial charge in [0.15, 0.2) is 5.96 Å². The van der Waals surface area contributed by atoms with Gasteiger partial charge in [-0.15, -0.1) is 34.2 Å². The van der Waals surface area contributed by atoms with Crippen molar-refractivity contribution in [1.29, 1.82) is 0 Å². The first-order valence-electron chi connectivity index (χ1n) is 6.69. The summed E-state index contributed by atoms with van der Waals surface area (Å²) in [5.41, 5.74) is 0. The zero-order chi connectivity index (χ0) is 13.9. The lowest BCUT2D eigenvalue weighted by atomic mass is 10.4. The maximum atomic E-state index is 4.50. The zero-order valence-electron chi connectivity index (χ0n) is 12.4. The van der Waals surface area contributed by atoms with Crippen molar-refractivity contribution in [1.82, 2.24) is 25.4 Å². The second-order valence-corrected chi connectivity index (χ2v) is 4.96. The number of halogens is 1. The van der Waals surface area contributed by atoms with Crippen LogP contribution in [0.2, 0.25) is 0 Å². The van der Waals surface area contributed by atoms with Crippen LogP contribution in [0.15, 0.2) is 11.3 Å². The number of nitrogens with zero attached hydrogens (tertiary/aromatic N) is 4. The number of aliphatic imine (C=N–C) groups is 1. The maximum absolute atomic E-state index is 4.50. The molecule has 2 N–H and O–H groups in total. The van der Waals surface area contributed by atoms with E-state index in [-0.39, 0.29) is 24.0 Å². The van der Waals surface area contributed by atoms with Crippen molar-refractivity contribution in [3.05, 3.63) is 12.2 Å². The normalized spacial score (nSPS) is 11.1. The van der Waals surface area contributed by atoms with Gasteiger partial charge in [-0.2, -0.15) is 11.8 Å². The molecule has 8 heteroatoms.